The predicted molar refractivity (Wildman–Crippen MR) is 257 cm³/mol. The Morgan fingerprint density at radius 3 is 0.968 bits per heavy atom. The molecule has 8 aromatic rings. The van der Waals surface area contributed by atoms with Crippen LogP contribution in [0.25, 0.3) is 0 Å². The maximum atomic E-state index is 16.1. The molecule has 0 heterocycles. The van der Waals surface area contributed by atoms with Crippen molar-refractivity contribution in [3.63, 3.8) is 0 Å². The zero-order valence-electron chi connectivity index (χ0n) is 35.2. The summed E-state index contributed by atoms with van der Waals surface area (Å²) in [4.78, 5) is 0. The summed E-state index contributed by atoms with van der Waals surface area (Å²) in [6.45, 7) is 3.94. The Balaban J connectivity index is 1.35. The average Bonchev–Trinajstić information content (AvgIpc) is 3.31. The molecule has 0 fully saturated rings. The van der Waals surface area contributed by atoms with E-state index in [1.54, 1.807) is 18.2 Å². The molecule has 314 valence electrons. The highest BCUT2D eigenvalue weighted by Crippen LogP contribution is 2.47. The summed E-state index contributed by atoms with van der Waals surface area (Å²) in [5.41, 5.74) is 4.82. The van der Waals surface area contributed by atoms with Gasteiger partial charge in [0.05, 0.1) is 6.10 Å². The highest BCUT2D eigenvalue weighted by molar-refractivity contribution is 7.85. The lowest BCUT2D eigenvalue weighted by Crippen LogP contribution is -2.26. The third-order valence-corrected chi connectivity index (χ3v) is 18.0. The van der Waals surface area contributed by atoms with Crippen molar-refractivity contribution in [3.05, 3.63) is 226 Å². The normalized spacial score (nSPS) is 12.8. The van der Waals surface area contributed by atoms with Gasteiger partial charge in [0.2, 0.25) is 0 Å². The maximum Gasteiger partial charge on any atom is 0.171 e. The maximum absolute atomic E-state index is 16.1. The molecule has 0 saturated carbocycles. The van der Waals surface area contributed by atoms with E-state index >= 15 is 9.13 Å². The monoisotopic (exact) mass is 866 g/mol. The van der Waals surface area contributed by atoms with Crippen LogP contribution in [0.1, 0.15) is 58.4 Å². The molecule has 3 N–H and O–H groups in total. The van der Waals surface area contributed by atoms with Gasteiger partial charge < -0.3 is 29.2 Å². The van der Waals surface area contributed by atoms with E-state index < -0.39 is 14.3 Å². The largest absolute Gasteiger partial charge is 0.507 e. The molecule has 0 spiro atoms. The van der Waals surface area contributed by atoms with Gasteiger partial charge in [-0.25, -0.2) is 0 Å². The van der Waals surface area contributed by atoms with Gasteiger partial charge in [-0.1, -0.05) is 158 Å². The molecule has 8 aromatic carbocycles. The summed E-state index contributed by atoms with van der Waals surface area (Å²) in [6.07, 6.45) is 0.533. The van der Waals surface area contributed by atoms with E-state index in [-0.39, 0.29) is 42.6 Å². The number of hydrogen-bond donors (Lipinski definition) is 3. The molecule has 6 nitrogen and oxygen atoms in total. The number of benzene rings is 8. The Bertz CT molecular complexity index is 2950. The van der Waals surface area contributed by atoms with E-state index in [1.165, 1.54) is 0 Å². The van der Waals surface area contributed by atoms with Crippen LogP contribution in [0.3, 0.4) is 0 Å². The first-order valence-corrected chi connectivity index (χ1v) is 24.7. The summed E-state index contributed by atoms with van der Waals surface area (Å²) in [6, 6.07) is 56.4. The Labute approximate surface area is 368 Å². The van der Waals surface area contributed by atoms with E-state index in [1.807, 2.05) is 178 Å². The van der Waals surface area contributed by atoms with Crippen LogP contribution in [-0.4, -0.2) is 21.4 Å². The van der Waals surface area contributed by atoms with Gasteiger partial charge in [-0.15, -0.1) is 0 Å². The second-order valence-electron chi connectivity index (χ2n) is 16.5. The number of ether oxygens (including phenoxy) is 1. The van der Waals surface area contributed by atoms with Crippen molar-refractivity contribution >= 4 is 46.1 Å². The van der Waals surface area contributed by atoms with Crippen molar-refractivity contribution in [2.75, 3.05) is 0 Å². The minimum Gasteiger partial charge on any atom is -0.507 e. The molecule has 0 aromatic heterocycles. The van der Waals surface area contributed by atoms with Gasteiger partial charge in [0, 0.05) is 57.5 Å². The van der Waals surface area contributed by atoms with Crippen LogP contribution in [0.5, 0.6) is 23.0 Å². The molecule has 0 unspecified atom stereocenters. The van der Waals surface area contributed by atoms with Gasteiger partial charge in [0.25, 0.3) is 0 Å². The fraction of sp³-hybridized carbons (Fsp3) is 0.127. The fourth-order valence-corrected chi connectivity index (χ4v) is 14.4. The van der Waals surface area contributed by atoms with Crippen LogP contribution < -0.4 is 36.6 Å². The molecule has 8 heteroatoms. The highest BCUT2D eigenvalue weighted by Gasteiger charge is 2.34. The Kier molecular flexibility index (Phi) is 11.5. The fourth-order valence-electron chi connectivity index (χ4n) is 8.89. The Morgan fingerprint density at radius 1 is 0.365 bits per heavy atom. The van der Waals surface area contributed by atoms with Crippen LogP contribution in [0.2, 0.25) is 0 Å². The Morgan fingerprint density at radius 2 is 0.635 bits per heavy atom. The first kappa shape index (κ1) is 41.8. The lowest BCUT2D eigenvalue weighted by molar-refractivity contribution is 0.238. The molecule has 0 saturated heterocycles. The van der Waals surface area contributed by atoms with Crippen LogP contribution in [0.15, 0.2) is 182 Å². The third kappa shape index (κ3) is 7.91. The lowest BCUT2D eigenvalue weighted by atomic mass is 9.91. The van der Waals surface area contributed by atoms with Gasteiger partial charge in [-0.2, -0.15) is 0 Å². The van der Waals surface area contributed by atoms with Gasteiger partial charge in [-0.3, -0.25) is 0 Å². The van der Waals surface area contributed by atoms with Crippen molar-refractivity contribution in [2.45, 2.75) is 45.6 Å². The van der Waals surface area contributed by atoms with Gasteiger partial charge in [-0.05, 0) is 82.6 Å². The molecule has 1 aliphatic rings. The van der Waals surface area contributed by atoms with Gasteiger partial charge in [0.15, 0.2) is 14.3 Å². The quantitative estimate of drug-likeness (QED) is 0.132. The minimum atomic E-state index is -3.57. The van der Waals surface area contributed by atoms with Crippen molar-refractivity contribution < 1.29 is 29.2 Å². The van der Waals surface area contributed by atoms with E-state index in [4.69, 9.17) is 4.74 Å². The van der Waals surface area contributed by atoms with Gasteiger partial charge >= 0.3 is 0 Å². The molecule has 9 rings (SSSR count). The zero-order chi connectivity index (χ0) is 43.7. The summed E-state index contributed by atoms with van der Waals surface area (Å²) in [5, 5.41) is 40.5. The summed E-state index contributed by atoms with van der Waals surface area (Å²) >= 11 is 0. The standard InChI is InChI=1S/C55H48O6P2/c1-37(2)61-55-40-19-16-20-41(55)31-43-34-51(63(60,48-25-11-5-12-26-48)49-27-13-6-14-28-49)36-45(54(43)58)32-44-35-50(33-42(53(44)57)30-39-18-15-17-38(29-40)52(39)56)62(59,46-21-7-3-8-22-46)47-23-9-4-10-24-47/h3-28,33-37,56-58H,29-32H2,1-2H3. The van der Waals surface area contributed by atoms with E-state index in [9.17, 15) is 15.3 Å². The van der Waals surface area contributed by atoms with Crippen LogP contribution in [-0.2, 0) is 34.8 Å². The highest BCUT2D eigenvalue weighted by atomic mass is 31.2. The van der Waals surface area contributed by atoms with E-state index in [2.05, 4.69) is 0 Å². The first-order chi connectivity index (χ1) is 30.5. The van der Waals surface area contributed by atoms with E-state index in [0.29, 0.717) is 77.4 Å². The molecule has 1 aliphatic carbocycles. The Hall–Kier alpha value is -6.58. The molecule has 0 atom stereocenters. The summed E-state index contributed by atoms with van der Waals surface area (Å²) in [5.74, 6) is 0.733. The smallest absolute Gasteiger partial charge is 0.171 e. The van der Waals surface area contributed by atoms with Crippen molar-refractivity contribution in [3.8, 4) is 23.0 Å². The number of para-hydroxylation sites is 2. The van der Waals surface area contributed by atoms with E-state index in [0.717, 1.165) is 11.1 Å². The number of rotatable bonds is 8. The van der Waals surface area contributed by atoms with Crippen molar-refractivity contribution in [2.24, 2.45) is 0 Å². The second-order valence-corrected chi connectivity index (χ2v) is 22.0. The number of aromatic hydroxyl groups is 3. The second kappa shape index (κ2) is 17.3. The number of phenolic OH excluding ortho intramolecular Hbond substituents is 3. The van der Waals surface area contributed by atoms with Gasteiger partial charge in [0.1, 0.15) is 23.0 Å². The molecular formula is C55H48O6P2. The average molecular weight is 867 g/mol. The molecule has 8 bridgehead atoms. The predicted octanol–water partition coefficient (Wildman–Crippen LogP) is 9.55. The SMILES string of the molecule is CC(C)Oc1c2cccc1Cc1cc(P(=O)(c3ccccc3)c3ccccc3)cc(c1O)Cc1cc(P(=O)(c3ccccc3)c3ccccc3)cc(c1O)Cc1cccc(c1O)C2. The van der Waals surface area contributed by atoms with Crippen LogP contribution in [0.4, 0.5) is 0 Å². The molecular weight excluding hydrogens is 819 g/mol. The van der Waals surface area contributed by atoms with Crippen LogP contribution in [0, 0.1) is 0 Å². The lowest BCUT2D eigenvalue weighted by Gasteiger charge is -2.25. The minimum absolute atomic E-state index is 0.00272. The zero-order valence-corrected chi connectivity index (χ0v) is 37.0. The molecule has 0 radical (unpaired) electrons. The molecule has 63 heavy (non-hydrogen) atoms. The summed E-state index contributed by atoms with van der Waals surface area (Å²) in [7, 11) is -7.14. The van der Waals surface area contributed by atoms with Crippen molar-refractivity contribution in [1.82, 2.24) is 0 Å². The molecule has 0 aliphatic heterocycles. The number of phenols is 3. The third-order valence-electron chi connectivity index (χ3n) is 12.0. The first-order valence-electron chi connectivity index (χ1n) is 21.2. The number of fused-ring (bicyclic) bond motifs is 8. The topological polar surface area (TPSA) is 104 Å². The van der Waals surface area contributed by atoms with Crippen molar-refractivity contribution in [1.29, 1.82) is 0 Å². The summed E-state index contributed by atoms with van der Waals surface area (Å²) < 4.78 is 38.6. The van der Waals surface area contributed by atoms with Crippen LogP contribution >= 0.6 is 14.3 Å². The molecule has 0 amide bonds. The number of hydrogen-bond acceptors (Lipinski definition) is 6.